The first-order valence-electron chi connectivity index (χ1n) is 2.17. The monoisotopic (exact) mass is 102 g/mol. The van der Waals surface area contributed by atoms with Crippen LogP contribution < -0.4 is 10.8 Å². The molecule has 3 N–H and O–H groups in total. The second-order valence-electron chi connectivity index (χ2n) is 1.11. The van der Waals surface area contributed by atoms with E-state index in [-0.39, 0.29) is 0 Å². The van der Waals surface area contributed by atoms with Crippen LogP contribution in [-0.4, -0.2) is 13.2 Å². The number of quaternary nitrogens is 1. The molecule has 3 nitrogen and oxygen atoms in total. The van der Waals surface area contributed by atoms with Gasteiger partial charge in [-0.05, 0) is 0 Å². The summed E-state index contributed by atoms with van der Waals surface area (Å²) in [6, 6.07) is 0. The van der Waals surface area contributed by atoms with E-state index in [1.165, 1.54) is 0 Å². The third-order valence-corrected chi connectivity index (χ3v) is 0.516. The Morgan fingerprint density at radius 2 is 2.57 bits per heavy atom. The Kier molecular flexibility index (Phi) is 5.31. The second kappa shape index (κ2) is 5.62. The van der Waals surface area contributed by atoms with Crippen molar-refractivity contribution in [2.45, 2.75) is 0 Å². The molecule has 0 bridgehead atoms. The molecule has 0 aliphatic heterocycles. The summed E-state index contributed by atoms with van der Waals surface area (Å²) in [7, 11) is 0. The number of rotatable bonds is 4. The highest BCUT2D eigenvalue weighted by Crippen LogP contribution is 1.50. The van der Waals surface area contributed by atoms with Gasteiger partial charge in [0, 0.05) is 6.54 Å². The molecule has 0 radical (unpaired) electrons. The Bertz CT molecular complexity index is 47.0. The average Bonchev–Trinajstić information content (AvgIpc) is 1.69. The summed E-state index contributed by atoms with van der Waals surface area (Å²) in [5, 5.41) is 12.4. The van der Waals surface area contributed by atoms with Crippen molar-refractivity contribution in [1.29, 1.82) is 0 Å². The zero-order valence-electron chi connectivity index (χ0n) is 4.18. The van der Waals surface area contributed by atoms with E-state index < -0.39 is 0 Å². The summed E-state index contributed by atoms with van der Waals surface area (Å²) in [6.07, 6.45) is 1.71. The molecular formula is C4H10N2O. The van der Waals surface area contributed by atoms with Crippen molar-refractivity contribution in [2.24, 2.45) is 0 Å². The fourth-order valence-electron chi connectivity index (χ4n) is 0.244. The lowest BCUT2D eigenvalue weighted by molar-refractivity contribution is -0.593. The molecule has 7 heavy (non-hydrogen) atoms. The van der Waals surface area contributed by atoms with E-state index in [0.717, 1.165) is 5.48 Å². The van der Waals surface area contributed by atoms with Crippen LogP contribution in [0.25, 0.3) is 0 Å². The van der Waals surface area contributed by atoms with Crippen molar-refractivity contribution in [2.75, 3.05) is 13.2 Å². The van der Waals surface area contributed by atoms with Crippen LogP contribution in [0.5, 0.6) is 0 Å². The molecule has 0 atom stereocenters. The summed E-state index contributed by atoms with van der Waals surface area (Å²) in [5.41, 5.74) is 0.823. The van der Waals surface area contributed by atoms with E-state index in [1.807, 2.05) is 0 Å². The minimum Gasteiger partial charge on any atom is -0.635 e. The first-order chi connectivity index (χ1) is 3.41. The molecule has 42 valence electrons. The molecule has 0 aromatic carbocycles. The highest BCUT2D eigenvalue weighted by Gasteiger charge is 1.72. The van der Waals surface area contributed by atoms with Gasteiger partial charge in [0.1, 0.15) is 6.67 Å². The van der Waals surface area contributed by atoms with Gasteiger partial charge in [0.05, 0.1) is 0 Å². The van der Waals surface area contributed by atoms with Gasteiger partial charge in [-0.15, -0.1) is 6.58 Å². The lowest BCUT2D eigenvalue weighted by Crippen LogP contribution is -2.80. The Morgan fingerprint density at radius 3 is 3.00 bits per heavy atom. The summed E-state index contributed by atoms with van der Waals surface area (Å²) in [4.78, 5) is 0. The van der Waals surface area contributed by atoms with Crippen LogP contribution >= 0.6 is 0 Å². The molecule has 0 aliphatic carbocycles. The minimum atomic E-state index is 0.423. The molecule has 3 heteroatoms. The van der Waals surface area contributed by atoms with Crippen LogP contribution in [0.15, 0.2) is 12.7 Å². The van der Waals surface area contributed by atoms with Crippen LogP contribution in [-0.2, 0) is 0 Å². The normalized spacial score (nSPS) is 8.71. The molecule has 0 aliphatic rings. The zero-order valence-corrected chi connectivity index (χ0v) is 4.18. The lowest BCUT2D eigenvalue weighted by atomic mass is 10.6. The SMILES string of the molecule is C=CCNC[NH2+][O-]. The maximum absolute atomic E-state index is 9.58. The van der Waals surface area contributed by atoms with Crippen molar-refractivity contribution in [3.05, 3.63) is 17.9 Å². The summed E-state index contributed by atoms with van der Waals surface area (Å²) < 4.78 is 0. The average molecular weight is 102 g/mol. The highest BCUT2D eigenvalue weighted by molar-refractivity contribution is 4.67. The minimum absolute atomic E-state index is 0.423. The highest BCUT2D eigenvalue weighted by atomic mass is 16.5. The van der Waals surface area contributed by atoms with Gasteiger partial charge in [0.2, 0.25) is 0 Å². The molecule has 0 aromatic heterocycles. The van der Waals surface area contributed by atoms with E-state index in [1.54, 1.807) is 6.08 Å². The number of hydroxylamine groups is 1. The van der Waals surface area contributed by atoms with Gasteiger partial charge in [-0.25, -0.2) is 0 Å². The zero-order chi connectivity index (χ0) is 5.54. The van der Waals surface area contributed by atoms with E-state index in [9.17, 15) is 5.21 Å². The summed E-state index contributed by atoms with van der Waals surface area (Å²) in [6.45, 7) is 4.58. The molecule has 0 saturated carbocycles. The van der Waals surface area contributed by atoms with Crippen LogP contribution in [0, 0.1) is 5.21 Å². The number of nitrogens with one attached hydrogen (secondary N) is 1. The predicted molar refractivity (Wildman–Crippen MR) is 28.4 cm³/mol. The summed E-state index contributed by atoms with van der Waals surface area (Å²) >= 11 is 0. The molecule has 0 aromatic rings. The first-order valence-corrected chi connectivity index (χ1v) is 2.17. The molecule has 0 fully saturated rings. The maximum atomic E-state index is 9.58. The Morgan fingerprint density at radius 1 is 1.86 bits per heavy atom. The van der Waals surface area contributed by atoms with Gasteiger partial charge in [0.25, 0.3) is 0 Å². The van der Waals surface area contributed by atoms with Gasteiger partial charge in [-0.1, -0.05) is 6.08 Å². The van der Waals surface area contributed by atoms with Crippen molar-refractivity contribution in [1.82, 2.24) is 5.32 Å². The van der Waals surface area contributed by atoms with Crippen LogP contribution in [0.4, 0.5) is 0 Å². The van der Waals surface area contributed by atoms with Crippen LogP contribution in [0.1, 0.15) is 0 Å². The molecule has 0 spiro atoms. The summed E-state index contributed by atoms with van der Waals surface area (Å²) in [5.74, 6) is 0. The Labute approximate surface area is 43.0 Å². The van der Waals surface area contributed by atoms with Crippen molar-refractivity contribution < 1.29 is 5.48 Å². The van der Waals surface area contributed by atoms with Crippen LogP contribution in [0.3, 0.4) is 0 Å². The number of hydrogen-bond acceptors (Lipinski definition) is 2. The molecule has 0 heterocycles. The molecule has 0 unspecified atom stereocenters. The largest absolute Gasteiger partial charge is 0.635 e. The van der Waals surface area contributed by atoms with E-state index in [0.29, 0.717) is 13.2 Å². The number of nitrogens with two attached hydrogens (primary N) is 1. The van der Waals surface area contributed by atoms with E-state index in [4.69, 9.17) is 0 Å². The molecular weight excluding hydrogens is 92.1 g/mol. The van der Waals surface area contributed by atoms with Gasteiger partial charge in [-0.2, -0.15) is 0 Å². The molecule has 0 saturated heterocycles. The Balaban J connectivity index is 2.56. The van der Waals surface area contributed by atoms with Gasteiger partial charge < -0.3 is 10.7 Å². The fourth-order valence-corrected chi connectivity index (χ4v) is 0.244. The Hall–Kier alpha value is -0.380. The standard InChI is InChI=1S/C4H10N2O/c1-2-3-5-4-6-7/h2,5H,1,3-4,6H2. The second-order valence-corrected chi connectivity index (χ2v) is 1.11. The van der Waals surface area contributed by atoms with Crippen molar-refractivity contribution in [3.63, 3.8) is 0 Å². The third-order valence-electron chi connectivity index (χ3n) is 0.516. The number of hydrogen-bond donors (Lipinski definition) is 2. The van der Waals surface area contributed by atoms with Crippen molar-refractivity contribution >= 4 is 0 Å². The molecule has 0 amide bonds. The fraction of sp³-hybridized carbons (Fsp3) is 0.500. The lowest BCUT2D eigenvalue weighted by Gasteiger charge is -1.99. The topological polar surface area (TPSA) is 51.7 Å². The molecule has 0 rings (SSSR count). The van der Waals surface area contributed by atoms with Crippen molar-refractivity contribution in [3.8, 4) is 0 Å². The van der Waals surface area contributed by atoms with E-state index in [2.05, 4.69) is 11.9 Å². The van der Waals surface area contributed by atoms with Gasteiger partial charge in [-0.3, -0.25) is 5.32 Å². The van der Waals surface area contributed by atoms with Crippen LogP contribution in [0.2, 0.25) is 0 Å². The predicted octanol–water partition coefficient (Wildman–Crippen LogP) is -1.22. The van der Waals surface area contributed by atoms with Gasteiger partial charge >= 0.3 is 0 Å². The smallest absolute Gasteiger partial charge is 0.129 e. The maximum Gasteiger partial charge on any atom is 0.129 e. The quantitative estimate of drug-likeness (QED) is 0.202. The van der Waals surface area contributed by atoms with E-state index >= 15 is 0 Å². The van der Waals surface area contributed by atoms with Gasteiger partial charge in [0.15, 0.2) is 0 Å². The first kappa shape index (κ1) is 6.62. The third kappa shape index (κ3) is 5.62.